The fraction of sp³-hybridized carbons (Fsp3) is 0. The highest BCUT2D eigenvalue weighted by Crippen LogP contribution is 2.41. The van der Waals surface area contributed by atoms with Gasteiger partial charge in [-0.05, 0) is 46.5 Å². The monoisotopic (exact) mass is 592 g/mol. The highest BCUT2D eigenvalue weighted by molar-refractivity contribution is 7.26. The van der Waals surface area contributed by atoms with Crippen LogP contribution < -0.4 is 0 Å². The maximum absolute atomic E-state index is 9.70. The average Bonchev–Trinajstić information content (AvgIpc) is 3.50. The van der Waals surface area contributed by atoms with Crippen LogP contribution in [0.15, 0.2) is 146 Å². The van der Waals surface area contributed by atoms with Gasteiger partial charge in [0.15, 0.2) is 17.5 Å². The second-order valence-corrected chi connectivity index (χ2v) is 11.9. The number of thiophene rings is 1. The van der Waals surface area contributed by atoms with E-state index in [-0.39, 0.29) is 0 Å². The molecule has 0 spiro atoms. The number of nitriles is 1. The molecule has 4 nitrogen and oxygen atoms in total. The third kappa shape index (κ3) is 4.94. The molecular formula is C40H24N4S. The van der Waals surface area contributed by atoms with Gasteiger partial charge in [0.25, 0.3) is 0 Å². The molecule has 45 heavy (non-hydrogen) atoms. The standard InChI is InChI=1S/C40H24N4S/c41-25-31-15-7-8-18-32(31)28-16-9-17-29(23-28)39-42-38(27-13-5-2-6-14-27)43-40(44-39)30-21-22-34-36(24-30)45-35-20-10-19-33(37(34)35)26-11-3-1-4-12-26/h1-24H. The van der Waals surface area contributed by atoms with E-state index in [0.717, 1.165) is 27.8 Å². The lowest BCUT2D eigenvalue weighted by Gasteiger charge is -2.10. The molecule has 0 aliphatic carbocycles. The molecule has 2 heterocycles. The number of hydrogen-bond acceptors (Lipinski definition) is 5. The fourth-order valence-corrected chi connectivity index (χ4v) is 7.00. The zero-order valence-electron chi connectivity index (χ0n) is 24.1. The molecule has 0 bridgehead atoms. The highest BCUT2D eigenvalue weighted by Gasteiger charge is 2.16. The molecule has 8 rings (SSSR count). The Kier molecular flexibility index (Phi) is 6.68. The number of benzene rings is 6. The van der Waals surface area contributed by atoms with E-state index >= 15 is 0 Å². The fourth-order valence-electron chi connectivity index (χ4n) is 5.83. The largest absolute Gasteiger partial charge is 0.208 e. The Hall–Kier alpha value is -5.96. The van der Waals surface area contributed by atoms with Crippen LogP contribution in [-0.2, 0) is 0 Å². The number of nitrogens with zero attached hydrogens (tertiary/aromatic N) is 4. The van der Waals surface area contributed by atoms with Gasteiger partial charge in [0, 0.05) is 36.9 Å². The van der Waals surface area contributed by atoms with Crippen LogP contribution in [0.2, 0.25) is 0 Å². The van der Waals surface area contributed by atoms with Crippen LogP contribution in [0.1, 0.15) is 5.56 Å². The summed E-state index contributed by atoms with van der Waals surface area (Å²) in [4.78, 5) is 14.9. The summed E-state index contributed by atoms with van der Waals surface area (Å²) in [6, 6.07) is 51.6. The van der Waals surface area contributed by atoms with Crippen LogP contribution in [0, 0.1) is 11.3 Å². The van der Waals surface area contributed by atoms with Crippen LogP contribution in [0.3, 0.4) is 0 Å². The predicted molar refractivity (Wildman–Crippen MR) is 185 cm³/mol. The Morgan fingerprint density at radius 1 is 0.444 bits per heavy atom. The number of aromatic nitrogens is 3. The molecule has 0 radical (unpaired) electrons. The van der Waals surface area contributed by atoms with Crippen LogP contribution in [0.5, 0.6) is 0 Å². The molecule has 0 fully saturated rings. The number of fused-ring (bicyclic) bond motifs is 3. The van der Waals surface area contributed by atoms with Crippen molar-refractivity contribution in [2.45, 2.75) is 0 Å². The molecule has 0 atom stereocenters. The molecular weight excluding hydrogens is 569 g/mol. The van der Waals surface area contributed by atoms with Gasteiger partial charge in [0.1, 0.15) is 0 Å². The van der Waals surface area contributed by atoms with E-state index in [9.17, 15) is 5.26 Å². The molecule has 0 saturated carbocycles. The van der Waals surface area contributed by atoms with E-state index in [2.05, 4.69) is 72.8 Å². The van der Waals surface area contributed by atoms with Gasteiger partial charge in [0.05, 0.1) is 11.6 Å². The van der Waals surface area contributed by atoms with Crippen LogP contribution in [0.4, 0.5) is 0 Å². The Labute approximate surface area is 264 Å². The third-order valence-electron chi connectivity index (χ3n) is 7.99. The lowest BCUT2D eigenvalue weighted by Crippen LogP contribution is -2.00. The summed E-state index contributed by atoms with van der Waals surface area (Å²) < 4.78 is 2.43. The predicted octanol–water partition coefficient (Wildman–Crippen LogP) is 10.4. The summed E-state index contributed by atoms with van der Waals surface area (Å²) in [5.41, 5.74) is 7.60. The smallest absolute Gasteiger partial charge is 0.164 e. The summed E-state index contributed by atoms with van der Waals surface area (Å²) >= 11 is 1.79. The Bertz CT molecular complexity index is 2390. The molecule has 0 aliphatic rings. The molecule has 5 heteroatoms. The minimum Gasteiger partial charge on any atom is -0.208 e. The topological polar surface area (TPSA) is 62.5 Å². The summed E-state index contributed by atoms with van der Waals surface area (Å²) in [7, 11) is 0. The molecule has 2 aromatic heterocycles. The zero-order valence-corrected chi connectivity index (χ0v) is 24.9. The maximum atomic E-state index is 9.70. The second kappa shape index (κ2) is 11.3. The molecule has 6 aromatic carbocycles. The quantitative estimate of drug-likeness (QED) is 0.199. The van der Waals surface area contributed by atoms with Gasteiger partial charge in [-0.1, -0.05) is 121 Å². The van der Waals surface area contributed by atoms with E-state index in [1.807, 2.05) is 78.9 Å². The minimum atomic E-state index is 0.581. The molecule has 8 aromatic rings. The van der Waals surface area contributed by atoms with Gasteiger partial charge >= 0.3 is 0 Å². The summed E-state index contributed by atoms with van der Waals surface area (Å²) in [6.07, 6.45) is 0. The van der Waals surface area contributed by atoms with Gasteiger partial charge < -0.3 is 0 Å². The number of rotatable bonds is 5. The molecule has 0 aliphatic heterocycles. The Morgan fingerprint density at radius 3 is 1.78 bits per heavy atom. The minimum absolute atomic E-state index is 0.581. The normalized spacial score (nSPS) is 11.1. The first-order valence-corrected chi connectivity index (χ1v) is 15.5. The van der Waals surface area contributed by atoms with Crippen molar-refractivity contribution in [3.63, 3.8) is 0 Å². The van der Waals surface area contributed by atoms with Gasteiger partial charge in [-0.2, -0.15) is 5.26 Å². The van der Waals surface area contributed by atoms with Gasteiger partial charge in [-0.3, -0.25) is 0 Å². The molecule has 210 valence electrons. The van der Waals surface area contributed by atoms with Crippen molar-refractivity contribution in [1.82, 2.24) is 15.0 Å². The van der Waals surface area contributed by atoms with E-state index in [1.54, 1.807) is 11.3 Å². The van der Waals surface area contributed by atoms with Crippen molar-refractivity contribution in [3.05, 3.63) is 151 Å². The Morgan fingerprint density at radius 2 is 1.02 bits per heavy atom. The van der Waals surface area contributed by atoms with Crippen molar-refractivity contribution < 1.29 is 0 Å². The molecule has 0 unspecified atom stereocenters. The van der Waals surface area contributed by atoms with E-state index in [0.29, 0.717) is 23.0 Å². The molecule has 0 N–H and O–H groups in total. The van der Waals surface area contributed by atoms with E-state index in [4.69, 9.17) is 15.0 Å². The first-order valence-electron chi connectivity index (χ1n) is 14.7. The van der Waals surface area contributed by atoms with E-state index < -0.39 is 0 Å². The van der Waals surface area contributed by atoms with Crippen molar-refractivity contribution in [3.8, 4) is 62.5 Å². The Balaban J connectivity index is 1.29. The summed E-state index contributed by atoms with van der Waals surface area (Å²) in [6.45, 7) is 0. The van der Waals surface area contributed by atoms with Crippen molar-refractivity contribution in [1.29, 1.82) is 5.26 Å². The lowest BCUT2D eigenvalue weighted by molar-refractivity contribution is 1.07. The van der Waals surface area contributed by atoms with Crippen LogP contribution in [-0.4, -0.2) is 15.0 Å². The first-order chi connectivity index (χ1) is 22.2. The lowest BCUT2D eigenvalue weighted by atomic mass is 9.98. The van der Waals surface area contributed by atoms with Crippen molar-refractivity contribution in [2.75, 3.05) is 0 Å². The highest BCUT2D eigenvalue weighted by atomic mass is 32.1. The van der Waals surface area contributed by atoms with Crippen LogP contribution >= 0.6 is 11.3 Å². The third-order valence-corrected chi connectivity index (χ3v) is 9.10. The molecule has 0 amide bonds. The maximum Gasteiger partial charge on any atom is 0.164 e. The van der Waals surface area contributed by atoms with Gasteiger partial charge in [0.2, 0.25) is 0 Å². The zero-order chi connectivity index (χ0) is 30.2. The first kappa shape index (κ1) is 26.7. The second-order valence-electron chi connectivity index (χ2n) is 10.8. The van der Waals surface area contributed by atoms with Crippen molar-refractivity contribution in [2.24, 2.45) is 0 Å². The summed E-state index contributed by atoms with van der Waals surface area (Å²) in [5, 5.41) is 12.2. The van der Waals surface area contributed by atoms with Gasteiger partial charge in [-0.25, -0.2) is 15.0 Å². The van der Waals surface area contributed by atoms with Crippen molar-refractivity contribution >= 4 is 31.5 Å². The SMILES string of the molecule is N#Cc1ccccc1-c1cccc(-c2nc(-c3ccccc3)nc(-c3ccc4c(c3)sc3cccc(-c5ccccc5)c34)n2)c1. The molecule has 0 saturated heterocycles. The van der Waals surface area contributed by atoms with Gasteiger partial charge in [-0.15, -0.1) is 11.3 Å². The summed E-state index contributed by atoms with van der Waals surface area (Å²) in [5.74, 6) is 1.81. The van der Waals surface area contributed by atoms with Crippen LogP contribution in [0.25, 0.3) is 76.6 Å². The number of hydrogen-bond donors (Lipinski definition) is 0. The average molecular weight is 593 g/mol. The van der Waals surface area contributed by atoms with E-state index in [1.165, 1.54) is 31.3 Å².